The Morgan fingerprint density at radius 2 is 1.50 bits per heavy atom. The Labute approximate surface area is 485 Å². The third-order valence-electron chi connectivity index (χ3n) is 14.7. The van der Waals surface area contributed by atoms with E-state index in [1.165, 1.54) is 84.7 Å². The van der Waals surface area contributed by atoms with E-state index < -0.39 is 0 Å². The molecule has 1 aliphatic carbocycles. The highest BCUT2D eigenvalue weighted by atomic mass is 32.1. The van der Waals surface area contributed by atoms with Crippen molar-refractivity contribution in [3.63, 3.8) is 0 Å². The number of benzene rings is 2. The number of aliphatic hydroxyl groups is 1. The number of nitrogens with two attached hydrogens (primary N) is 1. The first-order chi connectivity index (χ1) is 38.8. The average molecular weight is 1130 g/mol. The van der Waals surface area contributed by atoms with Crippen LogP contribution in [-0.4, -0.2) is 157 Å². The molecule has 16 nitrogen and oxygen atoms in total. The number of carbonyl (C=O) groups is 3. The zero-order valence-corrected chi connectivity index (χ0v) is 51.6. The molecular formula is C63H102N10O6S. The number of anilines is 1. The Hall–Kier alpha value is -4.98. The molecule has 2 aromatic carbocycles. The third kappa shape index (κ3) is 23.5. The van der Waals surface area contributed by atoms with Crippen LogP contribution >= 0.6 is 11.3 Å². The van der Waals surface area contributed by atoms with Crippen LogP contribution in [0.2, 0.25) is 0 Å². The number of nitrogens with one attached hydrogen (secondary N) is 2. The van der Waals surface area contributed by atoms with E-state index in [4.69, 9.17) is 24.2 Å². The quantitative estimate of drug-likeness (QED) is 0.0378. The first kappa shape index (κ1) is 69.3. The second-order valence-corrected chi connectivity index (χ2v) is 22.5. The van der Waals surface area contributed by atoms with Crippen LogP contribution in [0.25, 0.3) is 32.6 Å². The number of aldehydes is 1. The second kappa shape index (κ2) is 38.7. The van der Waals surface area contributed by atoms with E-state index in [9.17, 15) is 14.7 Å². The Balaban J connectivity index is 0.000000389. The Morgan fingerprint density at radius 3 is 2.06 bits per heavy atom. The monoisotopic (exact) mass is 1130 g/mol. The number of rotatable bonds is 22. The number of aryl methyl sites for hydroxylation is 1. The number of carbonyl (C=O) groups excluding carboxylic acids is 3. The van der Waals surface area contributed by atoms with E-state index in [0.29, 0.717) is 57.2 Å². The summed E-state index contributed by atoms with van der Waals surface area (Å²) in [5.41, 5.74) is 15.0. The van der Waals surface area contributed by atoms with E-state index >= 15 is 0 Å². The van der Waals surface area contributed by atoms with Gasteiger partial charge in [0.15, 0.2) is 0 Å². The summed E-state index contributed by atoms with van der Waals surface area (Å²) in [6.45, 7) is 31.5. The summed E-state index contributed by atoms with van der Waals surface area (Å²) >= 11 is 1.70. The van der Waals surface area contributed by atoms with Crippen LogP contribution in [0.1, 0.15) is 149 Å². The molecule has 3 fully saturated rings. The summed E-state index contributed by atoms with van der Waals surface area (Å²) in [4.78, 5) is 52.1. The minimum atomic E-state index is -0.302. The van der Waals surface area contributed by atoms with Gasteiger partial charge >= 0.3 is 0 Å². The normalized spacial score (nSPS) is 16.1. The molecule has 0 bridgehead atoms. The Morgan fingerprint density at radius 1 is 0.875 bits per heavy atom. The molecule has 2 aliphatic heterocycles. The highest BCUT2D eigenvalue weighted by molar-refractivity contribution is 7.13. The van der Waals surface area contributed by atoms with Gasteiger partial charge in [0.2, 0.25) is 11.9 Å². The standard InChI is InChI=1S/C36H54N6O3.C13H16N2S.C10H19NO2.C2H6.CH5N.CH2O/c1-3-29(4-2)25-37-36-38-26-33-34(28-42(35(33)39-36)32-9-6-5-7-10-32)31-13-11-30(12-14-31)27-41-17-15-40(16-18-41)19-22-45-24-23-44-21-8-20-43;1-9(14-3)11-4-6-12(7-5-11)13-10(2)15-8-16-13;1-10(2,3)6-9(13)11-5-4-8(12)7-11;3*1-2/h11-14,20,26,28-29,32H,3-10,15-19,21-25,27H2,1-2H3,(H,37,38,39);4-9,14H,1-3H3;8,12H,4-7H2,1-3H3;1-2H3;2H2,1H3;1H2/t;9-;;;;/m.0..../s1. The molecule has 3 aromatic heterocycles. The maximum Gasteiger partial charge on any atom is 0.224 e. The predicted octanol–water partition coefficient (Wildman–Crippen LogP) is 11.0. The lowest BCUT2D eigenvalue weighted by Gasteiger charge is -2.34. The fourth-order valence-electron chi connectivity index (χ4n) is 9.86. The largest absolute Gasteiger partial charge is 0.391 e. The fraction of sp³-hybridized carbons (Fsp3) is 0.619. The molecule has 2 atom stereocenters. The minimum Gasteiger partial charge on any atom is -0.391 e. The lowest BCUT2D eigenvalue weighted by atomic mass is 9.92. The summed E-state index contributed by atoms with van der Waals surface area (Å²) in [7, 11) is 3.48. The van der Waals surface area contributed by atoms with Crippen LogP contribution in [0, 0.1) is 18.3 Å². The smallest absolute Gasteiger partial charge is 0.224 e. The lowest BCUT2D eigenvalue weighted by Crippen LogP contribution is -2.46. The Bertz CT molecular complexity index is 2430. The lowest BCUT2D eigenvalue weighted by molar-refractivity contribution is -0.132. The number of piperazine rings is 1. The molecule has 5 N–H and O–H groups in total. The molecule has 1 saturated carbocycles. The number of likely N-dealkylation sites (tertiary alicyclic amines) is 1. The predicted molar refractivity (Wildman–Crippen MR) is 331 cm³/mol. The van der Waals surface area contributed by atoms with Crippen molar-refractivity contribution in [3.8, 4) is 21.6 Å². The number of aromatic nitrogens is 4. The van der Waals surface area contributed by atoms with Crippen LogP contribution in [0.15, 0.2) is 66.4 Å². The van der Waals surface area contributed by atoms with Crippen molar-refractivity contribution in [3.05, 3.63) is 83.3 Å². The number of β-amino-alcohol motifs (C(OH)–C–C–N with tert-alkyl or cyclic N) is 1. The summed E-state index contributed by atoms with van der Waals surface area (Å²) in [6.07, 6.45) is 15.4. The van der Waals surface area contributed by atoms with E-state index in [2.05, 4.69) is 139 Å². The van der Waals surface area contributed by atoms with Crippen LogP contribution < -0.4 is 16.4 Å². The van der Waals surface area contributed by atoms with Crippen molar-refractivity contribution in [2.45, 2.75) is 151 Å². The summed E-state index contributed by atoms with van der Waals surface area (Å²) in [5.74, 6) is 1.56. The summed E-state index contributed by atoms with van der Waals surface area (Å²) < 4.78 is 13.5. The number of fused-ring (bicyclic) bond motifs is 1. The van der Waals surface area contributed by atoms with Gasteiger partial charge in [0, 0.05) is 107 Å². The number of aliphatic hydroxyl groups excluding tert-OH is 1. The SMILES string of the molecule is C=O.CC.CC(C)(C)CC(=O)N1CCC(O)C1.CCC(CC)CNc1ncc2c(-c3ccc(CN4CCN(CCOCCOCCC=O)CC4)cc3)cn(C3CCCCC3)c2n1.CN.CN[C@@H](C)c1ccc(-c2scnc2C)cc1. The van der Waals surface area contributed by atoms with Gasteiger partial charge in [-0.2, -0.15) is 4.98 Å². The van der Waals surface area contributed by atoms with Crippen molar-refractivity contribution in [2.75, 3.05) is 98.2 Å². The highest BCUT2D eigenvalue weighted by Crippen LogP contribution is 2.37. The van der Waals surface area contributed by atoms with Gasteiger partial charge in [-0.1, -0.05) is 129 Å². The number of nitrogens with zero attached hydrogens (tertiary/aromatic N) is 7. The zero-order chi connectivity index (χ0) is 58.9. The molecule has 2 saturated heterocycles. The minimum absolute atomic E-state index is 0.0463. The van der Waals surface area contributed by atoms with Crippen LogP contribution in [0.5, 0.6) is 0 Å². The summed E-state index contributed by atoms with van der Waals surface area (Å²) in [5, 5.41) is 17.2. The third-order valence-corrected chi connectivity index (χ3v) is 15.7. The average Bonchev–Trinajstić information content (AvgIpc) is 4.30. The maximum atomic E-state index is 11.6. The first-order valence-corrected chi connectivity index (χ1v) is 30.4. The van der Waals surface area contributed by atoms with E-state index in [1.807, 2.05) is 39.4 Å². The number of hydrogen-bond donors (Lipinski definition) is 4. The maximum absolute atomic E-state index is 11.6. The van der Waals surface area contributed by atoms with Gasteiger partial charge in [0.1, 0.15) is 18.7 Å². The molecule has 1 unspecified atom stereocenters. The van der Waals surface area contributed by atoms with E-state index in [0.717, 1.165) is 94.3 Å². The molecular weight excluding hydrogens is 1020 g/mol. The van der Waals surface area contributed by atoms with Crippen molar-refractivity contribution in [1.82, 2.24) is 39.5 Å². The van der Waals surface area contributed by atoms with Gasteiger partial charge in [0.05, 0.1) is 48.6 Å². The number of thiazole rings is 1. The van der Waals surface area contributed by atoms with E-state index in [1.54, 1.807) is 16.2 Å². The molecule has 5 heterocycles. The number of ether oxygens (including phenoxy) is 2. The van der Waals surface area contributed by atoms with Crippen molar-refractivity contribution in [2.24, 2.45) is 17.1 Å². The van der Waals surface area contributed by atoms with Crippen LogP contribution in [0.4, 0.5) is 5.95 Å². The molecule has 3 aliphatic rings. The van der Waals surface area contributed by atoms with Crippen LogP contribution in [-0.2, 0) is 30.4 Å². The molecule has 0 spiro atoms. The first-order valence-electron chi connectivity index (χ1n) is 29.5. The molecule has 446 valence electrons. The molecule has 1 amide bonds. The summed E-state index contributed by atoms with van der Waals surface area (Å²) in [6, 6.07) is 18.8. The molecule has 8 rings (SSSR count). The van der Waals surface area contributed by atoms with Crippen LogP contribution in [0.3, 0.4) is 0 Å². The van der Waals surface area contributed by atoms with Crippen molar-refractivity contribution >= 4 is 47.3 Å². The zero-order valence-electron chi connectivity index (χ0n) is 50.8. The van der Waals surface area contributed by atoms with E-state index in [-0.39, 0.29) is 17.4 Å². The Kier molecular flexibility index (Phi) is 33.5. The van der Waals surface area contributed by atoms with Gasteiger partial charge in [-0.3, -0.25) is 14.6 Å². The van der Waals surface area contributed by atoms with Gasteiger partial charge in [-0.25, -0.2) is 9.97 Å². The molecule has 80 heavy (non-hydrogen) atoms. The van der Waals surface area contributed by atoms with Gasteiger partial charge < -0.3 is 50.0 Å². The van der Waals surface area contributed by atoms with Gasteiger partial charge in [-0.05, 0) is 80.8 Å². The van der Waals surface area contributed by atoms with Gasteiger partial charge in [0.25, 0.3) is 0 Å². The molecule has 17 heteroatoms. The molecule has 0 radical (unpaired) electrons. The van der Waals surface area contributed by atoms with Crippen molar-refractivity contribution < 1.29 is 29.0 Å². The fourth-order valence-corrected chi connectivity index (χ4v) is 10.7. The van der Waals surface area contributed by atoms with Crippen molar-refractivity contribution in [1.29, 1.82) is 0 Å². The highest BCUT2D eigenvalue weighted by Gasteiger charge is 2.27. The second-order valence-electron chi connectivity index (χ2n) is 21.6. The van der Waals surface area contributed by atoms with Gasteiger partial charge in [-0.15, -0.1) is 11.3 Å². The molecule has 5 aromatic rings. The number of hydrogen-bond acceptors (Lipinski definition) is 15. The topological polar surface area (TPSA) is 193 Å². The number of amides is 1.